The molecule has 0 unspecified atom stereocenters. The molecule has 0 saturated heterocycles. The third kappa shape index (κ3) is 2.95. The average molecular weight is 220 g/mol. The Morgan fingerprint density at radius 3 is 2.31 bits per heavy atom. The van der Waals surface area contributed by atoms with Gasteiger partial charge in [-0.2, -0.15) is 0 Å². The number of carbonyl (C=O) groups excluding carboxylic acids is 2. The average Bonchev–Trinajstić information content (AvgIpc) is 2.31. The van der Waals surface area contributed by atoms with Crippen LogP contribution in [0.15, 0.2) is 36.4 Å². The zero-order chi connectivity index (χ0) is 12.0. The second-order valence-electron chi connectivity index (χ2n) is 2.91. The molecule has 0 fully saturated rings. The molecule has 0 spiro atoms. The van der Waals surface area contributed by atoms with Crippen molar-refractivity contribution in [2.24, 2.45) is 0 Å². The summed E-state index contributed by atoms with van der Waals surface area (Å²) in [6.07, 6.45) is 0.570. The number of rotatable bonds is 2. The van der Waals surface area contributed by atoms with E-state index in [4.69, 9.17) is 0 Å². The van der Waals surface area contributed by atoms with Crippen LogP contribution in [0.25, 0.3) is 5.57 Å². The van der Waals surface area contributed by atoms with Gasteiger partial charge in [-0.25, -0.2) is 9.59 Å². The summed E-state index contributed by atoms with van der Waals surface area (Å²) in [7, 11) is 1.15. The molecule has 16 heavy (non-hydrogen) atoms. The molecule has 1 rings (SSSR count). The Morgan fingerprint density at radius 1 is 1.19 bits per heavy atom. The van der Waals surface area contributed by atoms with Crippen molar-refractivity contribution in [1.82, 2.24) is 0 Å². The molecule has 0 aliphatic heterocycles. The molecule has 84 valence electrons. The van der Waals surface area contributed by atoms with Gasteiger partial charge < -0.3 is 9.47 Å². The molecular formula is C12H12O4. The van der Waals surface area contributed by atoms with Crippen molar-refractivity contribution in [3.63, 3.8) is 0 Å². The van der Waals surface area contributed by atoms with Crippen LogP contribution in [0, 0.1) is 0 Å². The SMILES string of the molecule is CC=C(C(=O)OC(=O)OC)c1ccccc1. The first-order valence-electron chi connectivity index (χ1n) is 4.71. The largest absolute Gasteiger partial charge is 0.516 e. The number of carbonyl (C=O) groups is 2. The van der Waals surface area contributed by atoms with E-state index in [-0.39, 0.29) is 0 Å². The lowest BCUT2D eigenvalue weighted by Gasteiger charge is -2.05. The van der Waals surface area contributed by atoms with Crippen molar-refractivity contribution >= 4 is 17.7 Å². The van der Waals surface area contributed by atoms with Crippen molar-refractivity contribution in [3.8, 4) is 0 Å². The Balaban J connectivity index is 2.85. The molecule has 0 aliphatic rings. The van der Waals surface area contributed by atoms with E-state index in [9.17, 15) is 9.59 Å². The van der Waals surface area contributed by atoms with E-state index in [2.05, 4.69) is 9.47 Å². The quantitative estimate of drug-likeness (QED) is 0.436. The summed E-state index contributed by atoms with van der Waals surface area (Å²) in [6, 6.07) is 8.94. The lowest BCUT2D eigenvalue weighted by Crippen LogP contribution is -2.13. The molecule has 0 atom stereocenters. The topological polar surface area (TPSA) is 52.6 Å². The van der Waals surface area contributed by atoms with Gasteiger partial charge in [-0.05, 0) is 12.5 Å². The van der Waals surface area contributed by atoms with Gasteiger partial charge in [0.15, 0.2) is 0 Å². The van der Waals surface area contributed by atoms with Crippen molar-refractivity contribution < 1.29 is 19.1 Å². The number of benzene rings is 1. The molecular weight excluding hydrogens is 208 g/mol. The Hall–Kier alpha value is -2.10. The highest BCUT2D eigenvalue weighted by Crippen LogP contribution is 2.15. The molecule has 0 radical (unpaired) electrons. The van der Waals surface area contributed by atoms with E-state index in [1.54, 1.807) is 37.3 Å². The molecule has 0 bridgehead atoms. The van der Waals surface area contributed by atoms with Gasteiger partial charge in [-0.3, -0.25) is 0 Å². The second kappa shape index (κ2) is 5.70. The van der Waals surface area contributed by atoms with Crippen LogP contribution in [0.4, 0.5) is 4.79 Å². The first kappa shape index (κ1) is 12.0. The fourth-order valence-corrected chi connectivity index (χ4v) is 1.19. The van der Waals surface area contributed by atoms with Gasteiger partial charge in [0.05, 0.1) is 12.7 Å². The molecule has 1 aromatic rings. The minimum atomic E-state index is -1.01. The van der Waals surface area contributed by atoms with Gasteiger partial charge in [0.2, 0.25) is 0 Å². The van der Waals surface area contributed by atoms with E-state index in [1.165, 1.54) is 0 Å². The number of esters is 1. The molecule has 1 aromatic carbocycles. The summed E-state index contributed by atoms with van der Waals surface area (Å²) in [6.45, 7) is 1.70. The Morgan fingerprint density at radius 2 is 1.81 bits per heavy atom. The number of hydrogen-bond donors (Lipinski definition) is 0. The predicted octanol–water partition coefficient (Wildman–Crippen LogP) is 2.40. The molecule has 0 N–H and O–H groups in total. The fourth-order valence-electron chi connectivity index (χ4n) is 1.19. The van der Waals surface area contributed by atoms with Crippen LogP contribution < -0.4 is 0 Å². The summed E-state index contributed by atoms with van der Waals surface area (Å²) in [5.74, 6) is -0.722. The van der Waals surface area contributed by atoms with Crippen LogP contribution in [0.5, 0.6) is 0 Å². The van der Waals surface area contributed by atoms with Crippen LogP contribution in [0.2, 0.25) is 0 Å². The Labute approximate surface area is 93.5 Å². The van der Waals surface area contributed by atoms with Gasteiger partial charge in [-0.1, -0.05) is 36.4 Å². The Bertz CT molecular complexity index is 406. The van der Waals surface area contributed by atoms with Crippen molar-refractivity contribution in [2.75, 3.05) is 7.11 Å². The summed E-state index contributed by atoms with van der Waals surface area (Å²) in [4.78, 5) is 22.3. The number of allylic oxidation sites excluding steroid dienone is 1. The first-order valence-corrected chi connectivity index (χ1v) is 4.71. The maximum absolute atomic E-state index is 11.6. The van der Waals surface area contributed by atoms with E-state index < -0.39 is 12.1 Å². The standard InChI is InChI=1S/C12H12O4/c1-3-10(9-7-5-4-6-8-9)11(13)16-12(14)15-2/h3-8H,1-2H3. The van der Waals surface area contributed by atoms with Gasteiger partial charge in [-0.15, -0.1) is 0 Å². The van der Waals surface area contributed by atoms with Crippen molar-refractivity contribution in [3.05, 3.63) is 42.0 Å². The predicted molar refractivity (Wildman–Crippen MR) is 58.6 cm³/mol. The first-order chi connectivity index (χ1) is 7.69. The van der Waals surface area contributed by atoms with Gasteiger partial charge in [0, 0.05) is 0 Å². The third-order valence-corrected chi connectivity index (χ3v) is 1.94. The lowest BCUT2D eigenvalue weighted by atomic mass is 10.1. The molecule has 4 nitrogen and oxygen atoms in total. The second-order valence-corrected chi connectivity index (χ2v) is 2.91. The number of methoxy groups -OCH3 is 1. The molecule has 0 amide bonds. The van der Waals surface area contributed by atoms with Crippen LogP contribution >= 0.6 is 0 Å². The molecule has 4 heteroatoms. The molecule has 0 heterocycles. The summed E-state index contributed by atoms with van der Waals surface area (Å²) in [5.41, 5.74) is 1.02. The lowest BCUT2D eigenvalue weighted by molar-refractivity contribution is -0.132. The minimum absolute atomic E-state index is 0.325. The van der Waals surface area contributed by atoms with Gasteiger partial charge >= 0.3 is 12.1 Å². The number of ether oxygens (including phenoxy) is 2. The minimum Gasteiger partial charge on any atom is -0.437 e. The summed E-state index contributed by atoms with van der Waals surface area (Å²) >= 11 is 0. The van der Waals surface area contributed by atoms with Crippen LogP contribution in [-0.2, 0) is 14.3 Å². The highest BCUT2D eigenvalue weighted by molar-refractivity contribution is 6.18. The molecule has 0 aliphatic carbocycles. The highest BCUT2D eigenvalue weighted by atomic mass is 16.7. The number of hydrogen-bond acceptors (Lipinski definition) is 4. The van der Waals surface area contributed by atoms with Gasteiger partial charge in [0.1, 0.15) is 0 Å². The normalized spacial score (nSPS) is 10.8. The third-order valence-electron chi connectivity index (χ3n) is 1.94. The zero-order valence-corrected chi connectivity index (χ0v) is 9.10. The Kier molecular flexibility index (Phi) is 4.27. The molecule has 0 saturated carbocycles. The van der Waals surface area contributed by atoms with Crippen LogP contribution in [0.3, 0.4) is 0 Å². The fraction of sp³-hybridized carbons (Fsp3) is 0.167. The monoisotopic (exact) mass is 220 g/mol. The van der Waals surface area contributed by atoms with E-state index in [1.807, 2.05) is 6.07 Å². The van der Waals surface area contributed by atoms with Crippen LogP contribution in [0.1, 0.15) is 12.5 Å². The molecule has 0 aromatic heterocycles. The zero-order valence-electron chi connectivity index (χ0n) is 9.10. The van der Waals surface area contributed by atoms with Crippen LogP contribution in [-0.4, -0.2) is 19.2 Å². The van der Waals surface area contributed by atoms with E-state index >= 15 is 0 Å². The van der Waals surface area contributed by atoms with E-state index in [0.29, 0.717) is 11.1 Å². The maximum atomic E-state index is 11.6. The highest BCUT2D eigenvalue weighted by Gasteiger charge is 2.16. The smallest absolute Gasteiger partial charge is 0.437 e. The van der Waals surface area contributed by atoms with E-state index in [0.717, 1.165) is 7.11 Å². The summed E-state index contributed by atoms with van der Waals surface area (Å²) in [5, 5.41) is 0. The van der Waals surface area contributed by atoms with Crippen molar-refractivity contribution in [1.29, 1.82) is 0 Å². The summed E-state index contributed by atoms with van der Waals surface area (Å²) < 4.78 is 8.68. The van der Waals surface area contributed by atoms with Crippen molar-refractivity contribution in [2.45, 2.75) is 6.92 Å². The van der Waals surface area contributed by atoms with Gasteiger partial charge in [0.25, 0.3) is 0 Å². The maximum Gasteiger partial charge on any atom is 0.516 e.